The third kappa shape index (κ3) is 1.30. The average molecular weight is 162 g/mol. The Labute approximate surface area is 68.8 Å². The topological polar surface area (TPSA) is 26.0 Å². The van der Waals surface area contributed by atoms with E-state index in [1.807, 2.05) is 0 Å². The first-order valence-electron chi connectivity index (χ1n) is 4.12. The van der Waals surface area contributed by atoms with E-state index in [0.29, 0.717) is 6.04 Å². The van der Waals surface area contributed by atoms with E-state index < -0.39 is 0 Å². The van der Waals surface area contributed by atoms with Crippen LogP contribution in [0.5, 0.6) is 0 Å². The van der Waals surface area contributed by atoms with Gasteiger partial charge in [-0.2, -0.15) is 0 Å². The van der Waals surface area contributed by atoms with Crippen molar-refractivity contribution in [2.75, 3.05) is 0 Å². The van der Waals surface area contributed by atoms with Crippen LogP contribution in [0, 0.1) is 11.8 Å². The highest BCUT2D eigenvalue weighted by Crippen LogP contribution is 2.42. The van der Waals surface area contributed by atoms with Gasteiger partial charge in [-0.05, 0) is 24.7 Å². The molecule has 0 heterocycles. The number of hydrogen-bond acceptors (Lipinski definition) is 1. The molecule has 0 aliphatic heterocycles. The number of hydrogen-bond donors (Lipinski definition) is 1. The third-order valence-corrected chi connectivity index (χ3v) is 3.03. The van der Waals surface area contributed by atoms with Crippen molar-refractivity contribution in [3.05, 3.63) is 0 Å². The van der Waals surface area contributed by atoms with Gasteiger partial charge in [0.2, 0.25) is 0 Å². The van der Waals surface area contributed by atoms with Crippen molar-refractivity contribution in [2.45, 2.75) is 38.1 Å². The van der Waals surface area contributed by atoms with Gasteiger partial charge in [-0.1, -0.05) is 19.3 Å². The molecule has 2 saturated carbocycles. The summed E-state index contributed by atoms with van der Waals surface area (Å²) >= 11 is 0. The van der Waals surface area contributed by atoms with Gasteiger partial charge in [0.25, 0.3) is 0 Å². The van der Waals surface area contributed by atoms with Gasteiger partial charge in [0.05, 0.1) is 0 Å². The van der Waals surface area contributed by atoms with Crippen molar-refractivity contribution in [1.29, 1.82) is 0 Å². The van der Waals surface area contributed by atoms with Crippen molar-refractivity contribution in [1.82, 2.24) is 0 Å². The molecule has 2 aliphatic rings. The van der Waals surface area contributed by atoms with E-state index in [1.165, 1.54) is 32.1 Å². The normalized spacial score (nSPS) is 39.3. The summed E-state index contributed by atoms with van der Waals surface area (Å²) in [4.78, 5) is 0. The summed E-state index contributed by atoms with van der Waals surface area (Å²) in [6.07, 6.45) is 7.13. The Kier molecular flexibility index (Phi) is 2.59. The Morgan fingerprint density at radius 3 is 1.90 bits per heavy atom. The number of nitrogens with two attached hydrogens (primary N) is 1. The molecule has 60 valence electrons. The fourth-order valence-corrected chi connectivity index (χ4v) is 2.00. The van der Waals surface area contributed by atoms with Crippen LogP contribution in [-0.4, -0.2) is 6.04 Å². The van der Waals surface area contributed by atoms with E-state index in [4.69, 9.17) is 5.73 Å². The van der Waals surface area contributed by atoms with E-state index in [1.54, 1.807) is 0 Å². The molecule has 0 saturated heterocycles. The zero-order chi connectivity index (χ0) is 6.27. The van der Waals surface area contributed by atoms with E-state index in [-0.39, 0.29) is 12.4 Å². The Bertz CT molecular complexity index is 106. The molecule has 10 heavy (non-hydrogen) atoms. The molecule has 0 radical (unpaired) electrons. The molecule has 0 spiro atoms. The van der Waals surface area contributed by atoms with Gasteiger partial charge < -0.3 is 5.73 Å². The SMILES string of the molecule is Cl.NC1CC(C2CCC2)C1. The Balaban J connectivity index is 0.000000500. The molecule has 2 fully saturated rings. The number of rotatable bonds is 1. The van der Waals surface area contributed by atoms with Crippen LogP contribution < -0.4 is 5.73 Å². The molecule has 2 heteroatoms. The van der Waals surface area contributed by atoms with Crippen molar-refractivity contribution in [2.24, 2.45) is 17.6 Å². The smallest absolute Gasteiger partial charge is 0.00443 e. The van der Waals surface area contributed by atoms with Crippen LogP contribution in [0.4, 0.5) is 0 Å². The predicted octanol–water partition coefficient (Wildman–Crippen LogP) is 1.95. The van der Waals surface area contributed by atoms with E-state index >= 15 is 0 Å². The lowest BCUT2D eigenvalue weighted by Crippen LogP contribution is -2.41. The quantitative estimate of drug-likeness (QED) is 0.625. The van der Waals surface area contributed by atoms with Crippen molar-refractivity contribution < 1.29 is 0 Å². The Hall–Kier alpha value is 0.250. The lowest BCUT2D eigenvalue weighted by molar-refractivity contribution is 0.110. The second-order valence-electron chi connectivity index (χ2n) is 3.68. The first-order valence-corrected chi connectivity index (χ1v) is 4.12. The van der Waals surface area contributed by atoms with Crippen LogP contribution in [0.15, 0.2) is 0 Å². The van der Waals surface area contributed by atoms with Gasteiger partial charge in [0.15, 0.2) is 0 Å². The largest absolute Gasteiger partial charge is 0.328 e. The monoisotopic (exact) mass is 161 g/mol. The van der Waals surface area contributed by atoms with Gasteiger partial charge >= 0.3 is 0 Å². The summed E-state index contributed by atoms with van der Waals surface area (Å²) in [6, 6.07) is 0.565. The zero-order valence-electron chi connectivity index (χ0n) is 6.25. The first-order chi connectivity index (χ1) is 4.36. The van der Waals surface area contributed by atoms with Gasteiger partial charge in [0, 0.05) is 6.04 Å². The van der Waals surface area contributed by atoms with Crippen LogP contribution >= 0.6 is 12.4 Å². The van der Waals surface area contributed by atoms with Crippen LogP contribution in [0.2, 0.25) is 0 Å². The summed E-state index contributed by atoms with van der Waals surface area (Å²) in [7, 11) is 0. The molecular formula is C8H16ClN. The zero-order valence-corrected chi connectivity index (χ0v) is 7.07. The van der Waals surface area contributed by atoms with Crippen LogP contribution in [0.25, 0.3) is 0 Å². The molecule has 2 rings (SSSR count). The molecule has 0 amide bonds. The average Bonchev–Trinajstić information content (AvgIpc) is 1.57. The molecule has 0 aromatic heterocycles. The Morgan fingerprint density at radius 1 is 1.00 bits per heavy atom. The van der Waals surface area contributed by atoms with E-state index in [9.17, 15) is 0 Å². The van der Waals surface area contributed by atoms with Crippen molar-refractivity contribution in [3.8, 4) is 0 Å². The maximum absolute atomic E-state index is 5.69. The summed E-state index contributed by atoms with van der Waals surface area (Å²) in [6.45, 7) is 0. The van der Waals surface area contributed by atoms with Crippen LogP contribution in [0.1, 0.15) is 32.1 Å². The minimum absolute atomic E-state index is 0. The molecule has 2 N–H and O–H groups in total. The fraction of sp³-hybridized carbons (Fsp3) is 1.00. The number of halogens is 1. The second-order valence-corrected chi connectivity index (χ2v) is 3.68. The minimum Gasteiger partial charge on any atom is -0.328 e. The lowest BCUT2D eigenvalue weighted by atomic mass is 9.65. The summed E-state index contributed by atoms with van der Waals surface area (Å²) in [5.41, 5.74) is 5.69. The van der Waals surface area contributed by atoms with Crippen LogP contribution in [-0.2, 0) is 0 Å². The Morgan fingerprint density at radius 2 is 1.60 bits per heavy atom. The third-order valence-electron chi connectivity index (χ3n) is 3.03. The molecule has 0 aromatic rings. The first kappa shape index (κ1) is 8.35. The predicted molar refractivity (Wildman–Crippen MR) is 45.3 cm³/mol. The molecule has 0 unspecified atom stereocenters. The molecule has 1 nitrogen and oxygen atoms in total. The molecule has 0 atom stereocenters. The van der Waals surface area contributed by atoms with Crippen molar-refractivity contribution in [3.63, 3.8) is 0 Å². The van der Waals surface area contributed by atoms with Gasteiger partial charge in [0.1, 0.15) is 0 Å². The second kappa shape index (κ2) is 3.10. The van der Waals surface area contributed by atoms with E-state index in [2.05, 4.69) is 0 Å². The standard InChI is InChI=1S/C8H15N.ClH/c9-8-4-7(5-8)6-2-1-3-6;/h6-8H,1-5,9H2;1H. The highest BCUT2D eigenvalue weighted by molar-refractivity contribution is 5.85. The minimum atomic E-state index is 0. The highest BCUT2D eigenvalue weighted by Gasteiger charge is 2.35. The van der Waals surface area contributed by atoms with Crippen LogP contribution in [0.3, 0.4) is 0 Å². The molecule has 2 aliphatic carbocycles. The van der Waals surface area contributed by atoms with Crippen molar-refractivity contribution >= 4 is 12.4 Å². The summed E-state index contributed by atoms with van der Waals surface area (Å²) in [5.74, 6) is 2.12. The van der Waals surface area contributed by atoms with Gasteiger partial charge in [-0.15, -0.1) is 12.4 Å². The van der Waals surface area contributed by atoms with Gasteiger partial charge in [-0.3, -0.25) is 0 Å². The lowest BCUT2D eigenvalue weighted by Gasteiger charge is -2.42. The molecule has 0 aromatic carbocycles. The maximum Gasteiger partial charge on any atom is 0.00443 e. The molecular weight excluding hydrogens is 146 g/mol. The van der Waals surface area contributed by atoms with E-state index in [0.717, 1.165) is 11.8 Å². The summed E-state index contributed by atoms with van der Waals surface area (Å²) < 4.78 is 0. The van der Waals surface area contributed by atoms with Gasteiger partial charge in [-0.25, -0.2) is 0 Å². The molecule has 0 bridgehead atoms. The highest BCUT2D eigenvalue weighted by atomic mass is 35.5. The fourth-order valence-electron chi connectivity index (χ4n) is 2.00. The summed E-state index contributed by atoms with van der Waals surface area (Å²) in [5, 5.41) is 0. The maximum atomic E-state index is 5.69.